The Hall–Kier alpha value is -1.97. The van der Waals surface area contributed by atoms with Crippen molar-refractivity contribution in [3.8, 4) is 16.9 Å². The average Bonchev–Trinajstić information content (AvgIpc) is 2.59. The molecule has 0 saturated heterocycles. The molecular formula is C14H19N3O. The van der Waals surface area contributed by atoms with Crippen LogP contribution in [-0.4, -0.2) is 14.9 Å². The van der Waals surface area contributed by atoms with Crippen molar-refractivity contribution in [2.75, 3.05) is 5.73 Å². The number of nitrogen functional groups attached to an aromatic ring is 1. The first kappa shape index (κ1) is 12.5. The van der Waals surface area contributed by atoms with E-state index in [0.29, 0.717) is 5.82 Å². The minimum atomic E-state index is -0.114. The van der Waals surface area contributed by atoms with Gasteiger partial charge in [0.25, 0.3) is 0 Å². The number of hydrogen-bond acceptors (Lipinski definition) is 3. The molecule has 0 aliphatic carbocycles. The lowest BCUT2D eigenvalue weighted by molar-refractivity contribution is 0.448. The van der Waals surface area contributed by atoms with E-state index in [1.807, 2.05) is 18.2 Å². The number of phenols is 1. The molecule has 1 aromatic carbocycles. The molecule has 0 aliphatic heterocycles. The van der Waals surface area contributed by atoms with Crippen LogP contribution < -0.4 is 5.73 Å². The first-order valence-electron chi connectivity index (χ1n) is 5.92. The molecule has 4 heteroatoms. The number of nitrogens with zero attached hydrogens (tertiary/aromatic N) is 2. The zero-order valence-electron chi connectivity index (χ0n) is 11.2. The number of anilines is 1. The lowest BCUT2D eigenvalue weighted by Crippen LogP contribution is -2.11. The predicted octanol–water partition coefficient (Wildman–Crippen LogP) is 2.67. The maximum Gasteiger partial charge on any atom is 0.129 e. The molecule has 0 unspecified atom stereocenters. The van der Waals surface area contributed by atoms with Gasteiger partial charge in [0.1, 0.15) is 11.6 Å². The van der Waals surface area contributed by atoms with Crippen LogP contribution in [0.15, 0.2) is 24.4 Å². The Kier molecular flexibility index (Phi) is 2.81. The highest BCUT2D eigenvalue weighted by molar-refractivity contribution is 5.79. The van der Waals surface area contributed by atoms with Gasteiger partial charge in [-0.05, 0) is 11.0 Å². The second kappa shape index (κ2) is 4.05. The molecule has 4 nitrogen and oxygen atoms in total. The maximum atomic E-state index is 10.4. The molecule has 3 N–H and O–H groups in total. The zero-order valence-corrected chi connectivity index (χ0v) is 11.2. The fraction of sp³-hybridized carbons (Fsp3) is 0.357. The molecule has 0 spiro atoms. The van der Waals surface area contributed by atoms with E-state index in [2.05, 4.69) is 25.9 Å². The Morgan fingerprint density at radius 1 is 1.22 bits per heavy atom. The van der Waals surface area contributed by atoms with Gasteiger partial charge in [-0.2, -0.15) is 5.10 Å². The summed E-state index contributed by atoms with van der Waals surface area (Å²) in [6.07, 6.45) is 1.68. The van der Waals surface area contributed by atoms with Crippen LogP contribution in [0.2, 0.25) is 0 Å². The Balaban J connectivity index is 2.64. The first-order valence-corrected chi connectivity index (χ1v) is 5.92. The highest BCUT2D eigenvalue weighted by Gasteiger charge is 2.21. The quantitative estimate of drug-likeness (QED) is 0.811. The largest absolute Gasteiger partial charge is 0.507 e. The standard InChI is InChI=1S/C14H19N3O/c1-14(2,3)11-7-5-6-9(12(11)18)10-8-16-17(4)13(10)15/h5-8,18H,15H2,1-4H3. The van der Waals surface area contributed by atoms with E-state index in [1.165, 1.54) is 0 Å². The summed E-state index contributed by atoms with van der Waals surface area (Å²) in [7, 11) is 1.78. The van der Waals surface area contributed by atoms with Crippen LogP contribution in [0.5, 0.6) is 5.75 Å². The molecule has 96 valence electrons. The lowest BCUT2D eigenvalue weighted by Gasteiger charge is -2.21. The van der Waals surface area contributed by atoms with Crippen molar-refractivity contribution in [2.45, 2.75) is 26.2 Å². The van der Waals surface area contributed by atoms with Crippen molar-refractivity contribution in [2.24, 2.45) is 7.05 Å². The van der Waals surface area contributed by atoms with Crippen molar-refractivity contribution < 1.29 is 5.11 Å². The van der Waals surface area contributed by atoms with Crippen molar-refractivity contribution >= 4 is 5.82 Å². The maximum absolute atomic E-state index is 10.4. The van der Waals surface area contributed by atoms with Crippen LogP contribution in [0.4, 0.5) is 5.82 Å². The Bertz CT molecular complexity index is 579. The SMILES string of the molecule is Cn1ncc(-c2cccc(C(C)(C)C)c2O)c1N. The molecule has 0 bridgehead atoms. The molecular weight excluding hydrogens is 226 g/mol. The molecule has 18 heavy (non-hydrogen) atoms. The monoisotopic (exact) mass is 245 g/mol. The zero-order chi connectivity index (χ0) is 13.5. The number of rotatable bonds is 1. The summed E-state index contributed by atoms with van der Waals surface area (Å²) in [5.41, 5.74) is 8.24. The average molecular weight is 245 g/mol. The van der Waals surface area contributed by atoms with Gasteiger partial charge in [0.2, 0.25) is 0 Å². The highest BCUT2D eigenvalue weighted by Crippen LogP contribution is 2.39. The number of para-hydroxylation sites is 1. The van der Waals surface area contributed by atoms with Crippen LogP contribution in [0.25, 0.3) is 11.1 Å². The van der Waals surface area contributed by atoms with E-state index < -0.39 is 0 Å². The Morgan fingerprint density at radius 2 is 1.89 bits per heavy atom. The van der Waals surface area contributed by atoms with Gasteiger partial charge in [-0.15, -0.1) is 0 Å². The molecule has 1 heterocycles. The molecule has 1 aromatic heterocycles. The summed E-state index contributed by atoms with van der Waals surface area (Å²) in [6.45, 7) is 6.20. The van der Waals surface area contributed by atoms with Crippen molar-refractivity contribution in [1.82, 2.24) is 9.78 Å². The number of phenolic OH excluding ortho intramolecular Hbond substituents is 1. The third-order valence-electron chi connectivity index (χ3n) is 3.12. The molecule has 0 radical (unpaired) electrons. The predicted molar refractivity (Wildman–Crippen MR) is 73.4 cm³/mol. The molecule has 0 aliphatic rings. The van der Waals surface area contributed by atoms with Gasteiger partial charge in [-0.25, -0.2) is 0 Å². The number of aromatic nitrogens is 2. The fourth-order valence-corrected chi connectivity index (χ4v) is 2.02. The van der Waals surface area contributed by atoms with E-state index in [-0.39, 0.29) is 11.2 Å². The topological polar surface area (TPSA) is 64.1 Å². The van der Waals surface area contributed by atoms with E-state index in [9.17, 15) is 5.11 Å². The number of hydrogen-bond donors (Lipinski definition) is 2. The van der Waals surface area contributed by atoms with Crippen LogP contribution >= 0.6 is 0 Å². The minimum absolute atomic E-state index is 0.114. The van der Waals surface area contributed by atoms with Crippen LogP contribution in [0, 0.1) is 0 Å². The molecule has 0 saturated carbocycles. The van der Waals surface area contributed by atoms with Crippen LogP contribution in [0.3, 0.4) is 0 Å². The minimum Gasteiger partial charge on any atom is -0.507 e. The summed E-state index contributed by atoms with van der Waals surface area (Å²) in [6, 6.07) is 5.73. The summed E-state index contributed by atoms with van der Waals surface area (Å²) in [5, 5.41) is 14.5. The molecule has 0 amide bonds. The lowest BCUT2D eigenvalue weighted by atomic mass is 9.84. The van der Waals surface area contributed by atoms with Gasteiger partial charge in [0.15, 0.2) is 0 Å². The van der Waals surface area contributed by atoms with E-state index >= 15 is 0 Å². The van der Waals surface area contributed by atoms with Gasteiger partial charge in [-0.3, -0.25) is 4.68 Å². The van der Waals surface area contributed by atoms with Gasteiger partial charge < -0.3 is 10.8 Å². The number of benzene rings is 1. The van der Waals surface area contributed by atoms with Gasteiger partial charge >= 0.3 is 0 Å². The number of aromatic hydroxyl groups is 1. The van der Waals surface area contributed by atoms with Gasteiger partial charge in [0.05, 0.1) is 6.20 Å². The number of aryl methyl sites for hydroxylation is 1. The highest BCUT2D eigenvalue weighted by atomic mass is 16.3. The van der Waals surface area contributed by atoms with E-state index in [4.69, 9.17) is 5.73 Å². The van der Waals surface area contributed by atoms with Crippen LogP contribution in [-0.2, 0) is 12.5 Å². The smallest absolute Gasteiger partial charge is 0.129 e. The first-order chi connectivity index (χ1) is 8.32. The Labute approximate surface area is 107 Å². The molecule has 0 atom stereocenters. The molecule has 2 aromatic rings. The molecule has 0 fully saturated rings. The fourth-order valence-electron chi connectivity index (χ4n) is 2.02. The summed E-state index contributed by atoms with van der Waals surface area (Å²) in [4.78, 5) is 0. The van der Waals surface area contributed by atoms with Gasteiger partial charge in [0, 0.05) is 18.2 Å². The van der Waals surface area contributed by atoms with Crippen LogP contribution in [0.1, 0.15) is 26.3 Å². The van der Waals surface area contributed by atoms with E-state index in [1.54, 1.807) is 17.9 Å². The third-order valence-corrected chi connectivity index (χ3v) is 3.12. The second-order valence-corrected chi connectivity index (χ2v) is 5.52. The third kappa shape index (κ3) is 1.94. The second-order valence-electron chi connectivity index (χ2n) is 5.52. The summed E-state index contributed by atoms with van der Waals surface area (Å²) < 4.78 is 1.60. The van der Waals surface area contributed by atoms with Crippen molar-refractivity contribution in [1.29, 1.82) is 0 Å². The van der Waals surface area contributed by atoms with E-state index in [0.717, 1.165) is 16.7 Å². The van der Waals surface area contributed by atoms with Crippen molar-refractivity contribution in [3.63, 3.8) is 0 Å². The summed E-state index contributed by atoms with van der Waals surface area (Å²) >= 11 is 0. The number of nitrogens with two attached hydrogens (primary N) is 1. The normalized spacial score (nSPS) is 11.8. The summed E-state index contributed by atoms with van der Waals surface area (Å²) in [5.74, 6) is 0.834. The van der Waals surface area contributed by atoms with Gasteiger partial charge in [-0.1, -0.05) is 39.0 Å². The Morgan fingerprint density at radius 3 is 2.39 bits per heavy atom. The molecule has 2 rings (SSSR count). The van der Waals surface area contributed by atoms with Crippen molar-refractivity contribution in [3.05, 3.63) is 30.0 Å².